The molecule has 2 rings (SSSR count). The van der Waals surface area contributed by atoms with Crippen molar-refractivity contribution in [1.29, 1.82) is 0 Å². The van der Waals surface area contributed by atoms with E-state index in [1.54, 1.807) is 26.0 Å². The Labute approximate surface area is 80.5 Å². The van der Waals surface area contributed by atoms with E-state index < -0.39 is 17.5 Å². The molecule has 1 aliphatic rings. The van der Waals surface area contributed by atoms with Gasteiger partial charge in [0.05, 0.1) is 0 Å². The molecule has 5 nitrogen and oxygen atoms in total. The maximum atomic E-state index is 11.5. The normalized spacial score (nSPS) is 26.1. The van der Waals surface area contributed by atoms with E-state index in [2.05, 4.69) is 10.6 Å². The van der Waals surface area contributed by atoms with Gasteiger partial charge in [-0.1, -0.05) is 0 Å². The van der Waals surface area contributed by atoms with E-state index in [4.69, 9.17) is 4.42 Å². The topological polar surface area (TPSA) is 71.3 Å². The Morgan fingerprint density at radius 2 is 2.07 bits per heavy atom. The van der Waals surface area contributed by atoms with Gasteiger partial charge in [-0.15, -0.1) is 0 Å². The van der Waals surface area contributed by atoms with E-state index in [1.807, 2.05) is 0 Å². The summed E-state index contributed by atoms with van der Waals surface area (Å²) in [7, 11) is 0. The number of nitrogens with one attached hydrogen (secondary N) is 2. The minimum atomic E-state index is -1.08. The van der Waals surface area contributed by atoms with Crippen molar-refractivity contribution < 1.29 is 14.0 Å². The maximum absolute atomic E-state index is 11.5. The fraction of sp³-hybridized carbons (Fsp3) is 0.333. The summed E-state index contributed by atoms with van der Waals surface area (Å²) in [5.74, 6) is 0.755. The quantitative estimate of drug-likeness (QED) is 0.644. The SMILES string of the molecule is Cc1ccc(C2(C)NC(=O)NC2=O)o1. The Hall–Kier alpha value is -1.78. The molecule has 2 heterocycles. The van der Waals surface area contributed by atoms with Crippen molar-refractivity contribution in [3.63, 3.8) is 0 Å². The molecule has 0 bridgehead atoms. The molecule has 1 aromatic heterocycles. The Morgan fingerprint density at radius 3 is 2.50 bits per heavy atom. The van der Waals surface area contributed by atoms with E-state index in [1.165, 1.54) is 0 Å². The number of hydrogen-bond donors (Lipinski definition) is 2. The van der Waals surface area contributed by atoms with Crippen molar-refractivity contribution >= 4 is 11.9 Å². The average molecular weight is 194 g/mol. The number of amides is 3. The Bertz CT molecular complexity index is 410. The van der Waals surface area contributed by atoms with Crippen LogP contribution >= 0.6 is 0 Å². The minimum Gasteiger partial charge on any atom is -0.463 e. The maximum Gasteiger partial charge on any atom is 0.322 e. The molecule has 3 amide bonds. The Morgan fingerprint density at radius 1 is 1.36 bits per heavy atom. The second-order valence-corrected chi connectivity index (χ2v) is 3.44. The first-order valence-corrected chi connectivity index (χ1v) is 4.23. The van der Waals surface area contributed by atoms with E-state index >= 15 is 0 Å². The highest BCUT2D eigenvalue weighted by molar-refractivity contribution is 6.06. The summed E-state index contributed by atoms with van der Waals surface area (Å²) < 4.78 is 5.31. The van der Waals surface area contributed by atoms with Gasteiger partial charge in [0.25, 0.3) is 5.91 Å². The van der Waals surface area contributed by atoms with Crippen LogP contribution in [0.15, 0.2) is 16.5 Å². The first kappa shape index (κ1) is 8.80. The zero-order valence-electron chi connectivity index (χ0n) is 7.88. The third-order valence-corrected chi connectivity index (χ3v) is 2.28. The second kappa shape index (κ2) is 2.60. The molecule has 2 N–H and O–H groups in total. The summed E-state index contributed by atoms with van der Waals surface area (Å²) in [6, 6.07) is 2.94. The molecule has 1 unspecified atom stereocenters. The van der Waals surface area contributed by atoms with Crippen LogP contribution in [0.3, 0.4) is 0 Å². The van der Waals surface area contributed by atoms with Crippen molar-refractivity contribution in [2.75, 3.05) is 0 Å². The number of furan rings is 1. The summed E-state index contributed by atoms with van der Waals surface area (Å²) in [5.41, 5.74) is -1.08. The average Bonchev–Trinajstić information content (AvgIpc) is 2.59. The van der Waals surface area contributed by atoms with Crippen molar-refractivity contribution in [2.24, 2.45) is 0 Å². The number of imide groups is 1. The molecule has 14 heavy (non-hydrogen) atoms. The third-order valence-electron chi connectivity index (χ3n) is 2.28. The van der Waals surface area contributed by atoms with E-state index in [-0.39, 0.29) is 0 Å². The standard InChI is InChI=1S/C9H10N2O3/c1-5-3-4-6(14-5)9(2)7(12)10-8(13)11-9/h3-4H,1-2H3,(H2,10,11,12,13). The number of rotatable bonds is 1. The van der Waals surface area contributed by atoms with Crippen LogP contribution in [-0.4, -0.2) is 11.9 Å². The molecule has 0 radical (unpaired) electrons. The molecule has 0 spiro atoms. The van der Waals surface area contributed by atoms with Gasteiger partial charge in [-0.3, -0.25) is 10.1 Å². The lowest BCUT2D eigenvalue weighted by atomic mass is 10.00. The van der Waals surface area contributed by atoms with E-state index in [0.29, 0.717) is 11.5 Å². The van der Waals surface area contributed by atoms with Gasteiger partial charge in [-0.25, -0.2) is 4.79 Å². The molecule has 0 aliphatic carbocycles. The molecule has 1 atom stereocenters. The van der Waals surface area contributed by atoms with Crippen LogP contribution in [0.25, 0.3) is 0 Å². The summed E-state index contributed by atoms with van der Waals surface area (Å²) >= 11 is 0. The molecule has 1 saturated heterocycles. The van der Waals surface area contributed by atoms with Crippen molar-refractivity contribution in [3.05, 3.63) is 23.7 Å². The molecule has 1 fully saturated rings. The van der Waals surface area contributed by atoms with Gasteiger partial charge in [-0.2, -0.15) is 0 Å². The zero-order chi connectivity index (χ0) is 10.3. The van der Waals surface area contributed by atoms with Gasteiger partial charge in [-0.05, 0) is 26.0 Å². The molecule has 1 aromatic rings. The highest BCUT2D eigenvalue weighted by atomic mass is 16.3. The van der Waals surface area contributed by atoms with Crippen molar-refractivity contribution in [3.8, 4) is 0 Å². The van der Waals surface area contributed by atoms with Gasteiger partial charge in [0.15, 0.2) is 5.54 Å². The molecule has 74 valence electrons. The molecule has 5 heteroatoms. The molecule has 1 aliphatic heterocycles. The van der Waals surface area contributed by atoms with E-state index in [0.717, 1.165) is 0 Å². The van der Waals surface area contributed by atoms with Crippen LogP contribution < -0.4 is 10.6 Å². The lowest BCUT2D eigenvalue weighted by Crippen LogP contribution is -2.40. The summed E-state index contributed by atoms with van der Waals surface area (Å²) in [5, 5.41) is 4.68. The van der Waals surface area contributed by atoms with Gasteiger partial charge >= 0.3 is 6.03 Å². The molecule has 0 saturated carbocycles. The molecule has 0 aromatic carbocycles. The number of urea groups is 1. The van der Waals surface area contributed by atoms with E-state index in [9.17, 15) is 9.59 Å². The van der Waals surface area contributed by atoms with Gasteiger partial charge in [0.1, 0.15) is 11.5 Å². The van der Waals surface area contributed by atoms with Crippen molar-refractivity contribution in [1.82, 2.24) is 10.6 Å². The predicted octanol–water partition coefficient (Wildman–Crippen LogP) is 0.643. The van der Waals surface area contributed by atoms with Crippen LogP contribution in [0.2, 0.25) is 0 Å². The fourth-order valence-corrected chi connectivity index (χ4v) is 1.42. The lowest BCUT2D eigenvalue weighted by molar-refractivity contribution is -0.124. The van der Waals surface area contributed by atoms with Crippen LogP contribution in [0, 0.1) is 6.92 Å². The Balaban J connectivity index is 2.42. The highest BCUT2D eigenvalue weighted by Crippen LogP contribution is 2.25. The highest BCUT2D eigenvalue weighted by Gasteiger charge is 2.45. The van der Waals surface area contributed by atoms with Crippen LogP contribution in [0.5, 0.6) is 0 Å². The minimum absolute atomic E-state index is 0.392. The van der Waals surface area contributed by atoms with Gasteiger partial charge in [0, 0.05) is 0 Å². The number of carbonyl (C=O) groups is 2. The van der Waals surface area contributed by atoms with Crippen LogP contribution in [0.4, 0.5) is 4.79 Å². The Kier molecular flexibility index (Phi) is 1.64. The van der Waals surface area contributed by atoms with Crippen molar-refractivity contribution in [2.45, 2.75) is 19.4 Å². The second-order valence-electron chi connectivity index (χ2n) is 3.44. The first-order valence-electron chi connectivity index (χ1n) is 4.23. The number of hydrogen-bond acceptors (Lipinski definition) is 3. The first-order chi connectivity index (χ1) is 6.52. The third kappa shape index (κ3) is 1.09. The van der Waals surface area contributed by atoms with Crippen LogP contribution in [0.1, 0.15) is 18.4 Å². The summed E-state index contributed by atoms with van der Waals surface area (Å²) in [6.45, 7) is 3.38. The van der Waals surface area contributed by atoms with Crippen LogP contribution in [-0.2, 0) is 10.3 Å². The number of carbonyl (C=O) groups excluding carboxylic acids is 2. The zero-order valence-corrected chi connectivity index (χ0v) is 7.88. The molecular formula is C9H10N2O3. The predicted molar refractivity (Wildman–Crippen MR) is 47.5 cm³/mol. The van der Waals surface area contributed by atoms with Gasteiger partial charge < -0.3 is 9.73 Å². The smallest absolute Gasteiger partial charge is 0.322 e. The molecular weight excluding hydrogens is 184 g/mol. The largest absolute Gasteiger partial charge is 0.463 e. The lowest BCUT2D eigenvalue weighted by Gasteiger charge is -2.16. The fourth-order valence-electron chi connectivity index (χ4n) is 1.42. The monoisotopic (exact) mass is 194 g/mol. The number of aryl methyl sites for hydroxylation is 1. The summed E-state index contributed by atoms with van der Waals surface area (Å²) in [6.07, 6.45) is 0. The summed E-state index contributed by atoms with van der Waals surface area (Å²) in [4.78, 5) is 22.4. The van der Waals surface area contributed by atoms with Gasteiger partial charge in [0.2, 0.25) is 0 Å².